The summed E-state index contributed by atoms with van der Waals surface area (Å²) in [5.41, 5.74) is 1.01. The van der Waals surface area contributed by atoms with E-state index >= 15 is 0 Å². The maximum absolute atomic E-state index is 12.5. The normalized spacial score (nSPS) is 21.6. The number of rotatable bonds is 7. The molecule has 0 radical (unpaired) electrons. The standard InChI is InChI=1S/C27H33ClN4OS/c28-23-11-9-20(10-12-23)17-26(33)29-18-21-5-1-2-6-22(21)19-31-13-15-32(16-14-31)27-24-7-3-4-8-25(24)34-30-27/h3-4,7-12,21-22H,1-2,5-6,13-19H2,(H,29,33)/t21-,22-/m1/s1. The lowest BCUT2D eigenvalue weighted by Gasteiger charge is -2.40. The Morgan fingerprint density at radius 1 is 1.00 bits per heavy atom. The van der Waals surface area contributed by atoms with Gasteiger partial charge in [-0.1, -0.05) is 48.7 Å². The Morgan fingerprint density at radius 2 is 1.74 bits per heavy atom. The van der Waals surface area contributed by atoms with Crippen LogP contribution in [-0.2, 0) is 11.2 Å². The fourth-order valence-corrected chi connectivity index (χ4v) is 6.38. The fourth-order valence-electron chi connectivity index (χ4n) is 5.46. The molecule has 7 heteroatoms. The second-order valence-electron chi connectivity index (χ2n) is 9.70. The number of amides is 1. The summed E-state index contributed by atoms with van der Waals surface area (Å²) < 4.78 is 6.02. The van der Waals surface area contributed by atoms with Gasteiger partial charge in [0.05, 0.1) is 11.1 Å². The Labute approximate surface area is 211 Å². The molecule has 1 saturated carbocycles. The van der Waals surface area contributed by atoms with Crippen LogP contribution in [-0.4, -0.2) is 54.4 Å². The Morgan fingerprint density at radius 3 is 2.53 bits per heavy atom. The number of benzene rings is 2. The lowest BCUT2D eigenvalue weighted by atomic mass is 9.78. The van der Waals surface area contributed by atoms with Gasteiger partial charge < -0.3 is 10.2 Å². The van der Waals surface area contributed by atoms with E-state index in [4.69, 9.17) is 16.0 Å². The molecule has 1 amide bonds. The van der Waals surface area contributed by atoms with Crippen LogP contribution in [0.25, 0.3) is 10.1 Å². The van der Waals surface area contributed by atoms with Gasteiger partial charge in [-0.2, -0.15) is 4.37 Å². The highest BCUT2D eigenvalue weighted by molar-refractivity contribution is 7.13. The quantitative estimate of drug-likeness (QED) is 0.486. The molecule has 2 heterocycles. The summed E-state index contributed by atoms with van der Waals surface area (Å²) in [5.74, 6) is 2.50. The van der Waals surface area contributed by atoms with Crippen LogP contribution >= 0.6 is 23.1 Å². The van der Waals surface area contributed by atoms with Crippen molar-refractivity contribution in [3.8, 4) is 0 Å². The molecule has 0 bridgehead atoms. The predicted molar refractivity (Wildman–Crippen MR) is 142 cm³/mol. The van der Waals surface area contributed by atoms with E-state index in [9.17, 15) is 4.79 Å². The van der Waals surface area contributed by atoms with Gasteiger partial charge in [-0.25, -0.2) is 0 Å². The molecular weight excluding hydrogens is 464 g/mol. The summed E-state index contributed by atoms with van der Waals surface area (Å²) in [6, 6.07) is 16.1. The highest BCUT2D eigenvalue weighted by Gasteiger charge is 2.29. The first-order valence-corrected chi connectivity index (χ1v) is 13.6. The molecule has 1 aliphatic carbocycles. The number of carbonyl (C=O) groups excluding carboxylic acids is 1. The van der Waals surface area contributed by atoms with Crippen molar-refractivity contribution in [1.29, 1.82) is 0 Å². The fraction of sp³-hybridized carbons (Fsp3) is 0.481. The number of fused-ring (bicyclic) bond motifs is 1. The number of halogens is 1. The molecule has 5 rings (SSSR count). The highest BCUT2D eigenvalue weighted by atomic mass is 35.5. The minimum atomic E-state index is 0.107. The number of anilines is 1. The molecule has 180 valence electrons. The van der Waals surface area contributed by atoms with Gasteiger partial charge in [0.2, 0.25) is 5.91 Å². The molecule has 1 aromatic heterocycles. The molecule has 2 atom stereocenters. The summed E-state index contributed by atoms with van der Waals surface area (Å²) in [6.45, 7) is 6.16. The summed E-state index contributed by atoms with van der Waals surface area (Å²) in [4.78, 5) is 17.6. The van der Waals surface area contributed by atoms with Gasteiger partial charge >= 0.3 is 0 Å². The van der Waals surface area contributed by atoms with Crippen LogP contribution in [0.15, 0.2) is 48.5 Å². The van der Waals surface area contributed by atoms with Gasteiger partial charge in [0.1, 0.15) is 5.82 Å². The Hall–Kier alpha value is -2.15. The zero-order valence-electron chi connectivity index (χ0n) is 19.6. The largest absolute Gasteiger partial charge is 0.356 e. The zero-order chi connectivity index (χ0) is 23.3. The monoisotopic (exact) mass is 496 g/mol. The van der Waals surface area contributed by atoms with E-state index in [1.54, 1.807) is 11.5 Å². The number of nitrogens with zero attached hydrogens (tertiary/aromatic N) is 3. The van der Waals surface area contributed by atoms with Crippen LogP contribution < -0.4 is 10.2 Å². The second-order valence-corrected chi connectivity index (χ2v) is 10.9. The summed E-state index contributed by atoms with van der Waals surface area (Å²) >= 11 is 7.55. The first-order valence-electron chi connectivity index (χ1n) is 12.5. The van der Waals surface area contributed by atoms with E-state index in [-0.39, 0.29) is 5.91 Å². The third-order valence-corrected chi connectivity index (χ3v) is 8.50. The average Bonchev–Trinajstić information content (AvgIpc) is 3.30. The lowest BCUT2D eigenvalue weighted by Crippen LogP contribution is -2.49. The van der Waals surface area contributed by atoms with E-state index < -0.39 is 0 Å². The van der Waals surface area contributed by atoms with Crippen LogP contribution in [0.1, 0.15) is 31.2 Å². The van der Waals surface area contributed by atoms with E-state index in [0.717, 1.165) is 50.6 Å². The van der Waals surface area contributed by atoms with Crippen molar-refractivity contribution < 1.29 is 4.79 Å². The highest BCUT2D eigenvalue weighted by Crippen LogP contribution is 2.32. The summed E-state index contributed by atoms with van der Waals surface area (Å²) in [7, 11) is 0. The summed E-state index contributed by atoms with van der Waals surface area (Å²) in [6.07, 6.45) is 5.50. The maximum Gasteiger partial charge on any atom is 0.224 e. The average molecular weight is 497 g/mol. The Kier molecular flexibility index (Phi) is 7.67. The third-order valence-electron chi connectivity index (χ3n) is 7.43. The lowest BCUT2D eigenvalue weighted by molar-refractivity contribution is -0.120. The molecule has 34 heavy (non-hydrogen) atoms. The van der Waals surface area contributed by atoms with Gasteiger partial charge in [-0.15, -0.1) is 0 Å². The van der Waals surface area contributed by atoms with Crippen LogP contribution in [0.5, 0.6) is 0 Å². The van der Waals surface area contributed by atoms with E-state index in [0.29, 0.717) is 23.3 Å². The van der Waals surface area contributed by atoms with Crippen molar-refractivity contribution >= 4 is 44.9 Å². The SMILES string of the molecule is O=C(Cc1ccc(Cl)cc1)NC[C@H]1CCCC[C@@H]1CN1CCN(c2nsc3ccccc23)CC1. The number of hydrogen-bond donors (Lipinski definition) is 1. The smallest absolute Gasteiger partial charge is 0.224 e. The molecule has 0 unspecified atom stereocenters. The summed E-state index contributed by atoms with van der Waals surface area (Å²) in [5, 5.41) is 5.20. The van der Waals surface area contributed by atoms with E-state index in [1.807, 2.05) is 24.3 Å². The minimum Gasteiger partial charge on any atom is -0.356 e. The first kappa shape index (κ1) is 23.6. The van der Waals surface area contributed by atoms with Crippen molar-refractivity contribution in [3.05, 3.63) is 59.1 Å². The topological polar surface area (TPSA) is 48.5 Å². The number of nitrogens with one attached hydrogen (secondary N) is 1. The van der Waals surface area contributed by atoms with Crippen molar-refractivity contribution in [2.45, 2.75) is 32.1 Å². The van der Waals surface area contributed by atoms with Crippen LogP contribution in [0, 0.1) is 11.8 Å². The number of hydrogen-bond acceptors (Lipinski definition) is 5. The van der Waals surface area contributed by atoms with E-state index in [1.165, 1.54) is 35.8 Å². The van der Waals surface area contributed by atoms with Gasteiger partial charge in [-0.05, 0) is 66.0 Å². The molecule has 1 saturated heterocycles. The van der Waals surface area contributed by atoms with Crippen molar-refractivity contribution in [1.82, 2.24) is 14.6 Å². The molecule has 0 spiro atoms. The van der Waals surface area contributed by atoms with Crippen molar-refractivity contribution in [2.75, 3.05) is 44.2 Å². The molecule has 2 aliphatic rings. The molecule has 5 nitrogen and oxygen atoms in total. The molecular formula is C27H33ClN4OS. The van der Waals surface area contributed by atoms with Crippen molar-refractivity contribution in [3.63, 3.8) is 0 Å². The van der Waals surface area contributed by atoms with Crippen molar-refractivity contribution in [2.24, 2.45) is 11.8 Å². The Bertz CT molecular complexity index is 1090. The van der Waals surface area contributed by atoms with Crippen LogP contribution in [0.3, 0.4) is 0 Å². The van der Waals surface area contributed by atoms with Crippen LogP contribution in [0.4, 0.5) is 5.82 Å². The Balaban J connectivity index is 1.11. The molecule has 3 aromatic rings. The second kappa shape index (κ2) is 11.1. The molecule has 2 fully saturated rings. The predicted octanol–water partition coefficient (Wildman–Crippen LogP) is 5.24. The van der Waals surface area contributed by atoms with Gasteiger partial charge in [-0.3, -0.25) is 9.69 Å². The van der Waals surface area contributed by atoms with Gasteiger partial charge in [0.25, 0.3) is 0 Å². The zero-order valence-corrected chi connectivity index (χ0v) is 21.2. The molecule has 1 aliphatic heterocycles. The molecule has 2 aromatic carbocycles. The minimum absolute atomic E-state index is 0.107. The first-order chi connectivity index (χ1) is 16.7. The van der Waals surface area contributed by atoms with E-state index in [2.05, 4.69) is 39.4 Å². The third kappa shape index (κ3) is 5.73. The molecule has 1 N–H and O–H groups in total. The van der Waals surface area contributed by atoms with Crippen LogP contribution in [0.2, 0.25) is 5.02 Å². The number of aromatic nitrogens is 1. The maximum atomic E-state index is 12.5. The number of piperazine rings is 1. The number of carbonyl (C=O) groups is 1. The van der Waals surface area contributed by atoms with Gasteiger partial charge in [0, 0.05) is 49.7 Å². The van der Waals surface area contributed by atoms with Gasteiger partial charge in [0.15, 0.2) is 0 Å².